The lowest BCUT2D eigenvalue weighted by Crippen LogP contribution is -2.47. The van der Waals surface area contributed by atoms with Crippen molar-refractivity contribution >= 4 is 21.8 Å². The van der Waals surface area contributed by atoms with Gasteiger partial charge >= 0.3 is 0 Å². The van der Waals surface area contributed by atoms with Crippen molar-refractivity contribution in [1.82, 2.24) is 14.5 Å². The normalized spacial score (nSPS) is 12.1. The van der Waals surface area contributed by atoms with Crippen LogP contribution in [0.5, 0.6) is 5.75 Å². The Morgan fingerprint density at radius 1 is 0.946 bits per heavy atom. The summed E-state index contributed by atoms with van der Waals surface area (Å²) in [5.41, 5.74) is 1.96. The molecule has 0 aromatic heterocycles. The molecule has 0 spiro atoms. The van der Waals surface area contributed by atoms with Crippen LogP contribution >= 0.6 is 0 Å². The van der Waals surface area contributed by atoms with Gasteiger partial charge in [0.1, 0.15) is 17.6 Å². The van der Waals surface area contributed by atoms with Gasteiger partial charge in [0.2, 0.25) is 21.8 Å². The van der Waals surface area contributed by atoms with Crippen LogP contribution in [-0.4, -0.2) is 56.4 Å². The average Bonchev–Trinajstić information content (AvgIpc) is 2.88. The fraction of sp³-hybridized carbons (Fsp3) is 0.259. The molecule has 8 nitrogen and oxygen atoms in total. The van der Waals surface area contributed by atoms with Gasteiger partial charge in [0, 0.05) is 20.1 Å². The van der Waals surface area contributed by atoms with Gasteiger partial charge in [-0.3, -0.25) is 9.59 Å². The van der Waals surface area contributed by atoms with E-state index in [2.05, 4.69) is 5.32 Å². The lowest BCUT2D eigenvalue weighted by Gasteiger charge is -2.32. The van der Waals surface area contributed by atoms with E-state index in [1.54, 1.807) is 49.6 Å². The molecule has 0 saturated carbocycles. The topological polar surface area (TPSA) is 96.0 Å². The minimum absolute atomic E-state index is 0.0355. The van der Waals surface area contributed by atoms with Crippen molar-refractivity contribution in [1.29, 1.82) is 0 Å². The van der Waals surface area contributed by atoms with Gasteiger partial charge in [0.15, 0.2) is 0 Å². The third-order valence-electron chi connectivity index (χ3n) is 5.81. The van der Waals surface area contributed by atoms with Crippen molar-refractivity contribution in [2.45, 2.75) is 19.1 Å². The maximum Gasteiger partial charge on any atom is 0.247 e. The van der Waals surface area contributed by atoms with Gasteiger partial charge in [-0.05, 0) is 41.0 Å². The molecule has 3 rings (SSSR count). The Morgan fingerprint density at radius 2 is 1.54 bits per heavy atom. The SMILES string of the molecule is COc1ccc(CNC(=O)C(c2ccccc2)N(Cc2ccc(F)cc2)C(=O)CN(C)S(C)(=O)=O)cc1. The molecule has 2 amide bonds. The number of nitrogens with zero attached hydrogens (tertiary/aromatic N) is 2. The molecule has 1 unspecified atom stereocenters. The van der Waals surface area contributed by atoms with Crippen LogP contribution in [0.25, 0.3) is 0 Å². The molecular weight excluding hydrogens is 497 g/mol. The van der Waals surface area contributed by atoms with E-state index in [9.17, 15) is 22.4 Å². The predicted molar refractivity (Wildman–Crippen MR) is 138 cm³/mol. The number of amides is 2. The third-order valence-corrected chi connectivity index (χ3v) is 7.07. The number of sulfonamides is 1. The molecule has 37 heavy (non-hydrogen) atoms. The van der Waals surface area contributed by atoms with E-state index in [0.717, 1.165) is 16.1 Å². The van der Waals surface area contributed by atoms with Gasteiger partial charge in [0.05, 0.1) is 19.9 Å². The minimum atomic E-state index is -3.65. The van der Waals surface area contributed by atoms with Crippen LogP contribution in [0.4, 0.5) is 4.39 Å². The second-order valence-corrected chi connectivity index (χ2v) is 10.6. The van der Waals surface area contributed by atoms with Gasteiger partial charge in [-0.15, -0.1) is 0 Å². The lowest BCUT2D eigenvalue weighted by molar-refractivity contribution is -0.141. The first-order valence-electron chi connectivity index (χ1n) is 11.5. The van der Waals surface area contributed by atoms with Crippen molar-refractivity contribution < 1.29 is 27.1 Å². The van der Waals surface area contributed by atoms with Crippen LogP contribution in [-0.2, 0) is 32.7 Å². The van der Waals surface area contributed by atoms with Gasteiger partial charge in [-0.1, -0.05) is 54.6 Å². The molecule has 10 heteroatoms. The molecule has 196 valence electrons. The largest absolute Gasteiger partial charge is 0.497 e. The molecule has 1 atom stereocenters. The Kier molecular flexibility index (Phi) is 9.37. The summed E-state index contributed by atoms with van der Waals surface area (Å²) in [5, 5.41) is 2.88. The Morgan fingerprint density at radius 3 is 2.11 bits per heavy atom. The summed E-state index contributed by atoms with van der Waals surface area (Å²) in [7, 11) is -0.786. The molecule has 0 fully saturated rings. The van der Waals surface area contributed by atoms with Gasteiger partial charge in [-0.25, -0.2) is 12.8 Å². The van der Waals surface area contributed by atoms with E-state index in [0.29, 0.717) is 16.9 Å². The first kappa shape index (κ1) is 27.8. The van der Waals surface area contributed by atoms with Crippen molar-refractivity contribution in [3.8, 4) is 5.75 Å². The van der Waals surface area contributed by atoms with Gasteiger partial charge in [-0.2, -0.15) is 4.31 Å². The number of rotatable bonds is 11. The van der Waals surface area contributed by atoms with Gasteiger partial charge in [0.25, 0.3) is 0 Å². The number of halogens is 1. The van der Waals surface area contributed by atoms with E-state index in [-0.39, 0.29) is 13.1 Å². The molecule has 0 aliphatic rings. The van der Waals surface area contributed by atoms with Crippen molar-refractivity contribution in [2.75, 3.05) is 27.0 Å². The summed E-state index contributed by atoms with van der Waals surface area (Å²) in [6.07, 6.45) is 1.00. The number of benzene rings is 3. The number of ether oxygens (including phenoxy) is 1. The zero-order chi connectivity index (χ0) is 27.0. The molecular formula is C27H30FN3O5S. The zero-order valence-corrected chi connectivity index (χ0v) is 21.7. The smallest absolute Gasteiger partial charge is 0.247 e. The maximum atomic E-state index is 13.6. The highest BCUT2D eigenvalue weighted by molar-refractivity contribution is 7.88. The molecule has 0 heterocycles. The molecule has 0 aliphatic heterocycles. The number of likely N-dealkylation sites (N-methyl/N-ethyl adjacent to an activating group) is 1. The van der Waals surface area contributed by atoms with Crippen molar-refractivity contribution in [3.63, 3.8) is 0 Å². The molecule has 3 aromatic carbocycles. The molecule has 1 N–H and O–H groups in total. The summed E-state index contributed by atoms with van der Waals surface area (Å²) in [4.78, 5) is 28.4. The highest BCUT2D eigenvalue weighted by atomic mass is 32.2. The Hall–Kier alpha value is -3.76. The quantitative estimate of drug-likeness (QED) is 0.414. The summed E-state index contributed by atoms with van der Waals surface area (Å²) in [6, 6.07) is 20.5. The fourth-order valence-corrected chi connectivity index (χ4v) is 3.99. The minimum Gasteiger partial charge on any atom is -0.497 e. The first-order valence-corrected chi connectivity index (χ1v) is 13.3. The number of hydrogen-bond donors (Lipinski definition) is 1. The van der Waals surface area contributed by atoms with Gasteiger partial charge < -0.3 is 15.0 Å². The van der Waals surface area contributed by atoms with Crippen LogP contribution in [0.15, 0.2) is 78.9 Å². The molecule has 0 saturated heterocycles. The number of hydrogen-bond acceptors (Lipinski definition) is 5. The van der Waals surface area contributed by atoms with Crippen molar-refractivity contribution in [3.05, 3.63) is 101 Å². The third kappa shape index (κ3) is 7.86. The molecule has 3 aromatic rings. The fourth-order valence-electron chi connectivity index (χ4n) is 3.65. The summed E-state index contributed by atoms with van der Waals surface area (Å²) >= 11 is 0. The van der Waals surface area contributed by atoms with E-state index in [1.807, 2.05) is 12.1 Å². The Bertz CT molecular complexity index is 1300. The molecule has 0 radical (unpaired) electrons. The van der Waals surface area contributed by atoms with Crippen LogP contribution < -0.4 is 10.1 Å². The Balaban J connectivity index is 1.95. The highest BCUT2D eigenvalue weighted by Gasteiger charge is 2.32. The van der Waals surface area contributed by atoms with Crippen LogP contribution in [0.1, 0.15) is 22.7 Å². The average molecular weight is 528 g/mol. The van der Waals surface area contributed by atoms with E-state index in [1.165, 1.54) is 36.2 Å². The standard InChI is InChI=1S/C27H30FN3O5S/c1-30(37(3,34)35)19-25(32)31(18-21-9-13-23(28)14-10-21)26(22-7-5-4-6-8-22)27(33)29-17-20-11-15-24(36-2)16-12-20/h4-16,26H,17-19H2,1-3H3,(H,29,33). The predicted octanol–water partition coefficient (Wildman–Crippen LogP) is 3.11. The number of carbonyl (C=O) groups excluding carboxylic acids is 2. The monoisotopic (exact) mass is 527 g/mol. The number of methoxy groups -OCH3 is 1. The van der Waals surface area contributed by atoms with Crippen molar-refractivity contribution in [2.24, 2.45) is 0 Å². The van der Waals surface area contributed by atoms with Crippen LogP contribution in [0, 0.1) is 5.82 Å². The first-order chi connectivity index (χ1) is 17.6. The second kappa shape index (κ2) is 12.5. The lowest BCUT2D eigenvalue weighted by atomic mass is 10.0. The van der Waals surface area contributed by atoms with E-state index < -0.39 is 40.2 Å². The molecule has 0 bridgehead atoms. The zero-order valence-electron chi connectivity index (χ0n) is 20.9. The summed E-state index contributed by atoms with van der Waals surface area (Å²) < 4.78 is 43.6. The second-order valence-electron chi connectivity index (χ2n) is 8.55. The Labute approximate surface area is 216 Å². The maximum absolute atomic E-state index is 13.6. The van der Waals surface area contributed by atoms with E-state index in [4.69, 9.17) is 4.74 Å². The summed E-state index contributed by atoms with van der Waals surface area (Å²) in [6.45, 7) is -0.296. The number of nitrogens with one attached hydrogen (secondary N) is 1. The summed E-state index contributed by atoms with van der Waals surface area (Å²) in [5.74, 6) is -0.774. The van der Waals surface area contributed by atoms with E-state index >= 15 is 0 Å². The molecule has 0 aliphatic carbocycles. The van der Waals surface area contributed by atoms with Crippen LogP contribution in [0.2, 0.25) is 0 Å². The van der Waals surface area contributed by atoms with Crippen LogP contribution in [0.3, 0.4) is 0 Å². The number of carbonyl (C=O) groups is 2. The highest BCUT2D eigenvalue weighted by Crippen LogP contribution is 2.25.